The van der Waals surface area contributed by atoms with Crippen LogP contribution in [0.5, 0.6) is 17.2 Å². The van der Waals surface area contributed by atoms with E-state index in [9.17, 15) is 14.4 Å². The third-order valence-electron chi connectivity index (χ3n) is 7.73. The quantitative estimate of drug-likeness (QED) is 0.337. The van der Waals surface area contributed by atoms with E-state index < -0.39 is 29.8 Å². The summed E-state index contributed by atoms with van der Waals surface area (Å²) < 4.78 is 16.8. The van der Waals surface area contributed by atoms with E-state index in [0.29, 0.717) is 33.0 Å². The molecule has 4 atom stereocenters. The average Bonchev–Trinajstić information content (AvgIpc) is 3.61. The fourth-order valence-corrected chi connectivity index (χ4v) is 6.62. The molecule has 4 heterocycles. The summed E-state index contributed by atoms with van der Waals surface area (Å²) in [6.07, 6.45) is 3.90. The number of Topliss-reactive ketones (excluding diaryl/α,β-unsaturated/α-hetero) is 1. The second kappa shape index (κ2) is 8.46. The molecule has 0 saturated carbocycles. The van der Waals surface area contributed by atoms with Crippen LogP contribution in [0, 0.1) is 11.8 Å². The number of carbonyl (C=O) groups is 3. The summed E-state index contributed by atoms with van der Waals surface area (Å²) in [7, 11) is 1.55. The van der Waals surface area contributed by atoms with Crippen LogP contribution >= 0.6 is 15.9 Å². The van der Waals surface area contributed by atoms with Gasteiger partial charge < -0.3 is 19.1 Å². The number of imide groups is 1. The number of carbonyl (C=O) groups excluding carboxylic acids is 3. The summed E-state index contributed by atoms with van der Waals surface area (Å²) in [6.45, 7) is 0.0845. The maximum atomic E-state index is 14.2. The molecular weight excluding hydrogens is 552 g/mol. The van der Waals surface area contributed by atoms with Crippen LogP contribution in [-0.2, 0) is 9.59 Å². The summed E-state index contributed by atoms with van der Waals surface area (Å²) >= 11 is 3.47. The molecule has 0 unspecified atom stereocenters. The highest BCUT2D eigenvalue weighted by Crippen LogP contribution is 2.50. The number of hydrogen-bond acceptors (Lipinski definition) is 7. The smallest absolute Gasteiger partial charge is 0.240 e. The Balaban J connectivity index is 1.35. The van der Waals surface area contributed by atoms with Crippen molar-refractivity contribution in [2.75, 3.05) is 23.7 Å². The molecule has 3 aromatic rings. The number of halogens is 1. The van der Waals surface area contributed by atoms with Gasteiger partial charge in [-0.1, -0.05) is 30.4 Å². The molecule has 3 aromatic carbocycles. The van der Waals surface area contributed by atoms with Crippen molar-refractivity contribution in [1.29, 1.82) is 0 Å². The highest BCUT2D eigenvalue weighted by molar-refractivity contribution is 9.10. The predicted molar refractivity (Wildman–Crippen MR) is 143 cm³/mol. The SMILES string of the molecule is COc1ccc(C(=O)[C@@H]2[C@@H]3C(=O)N(c4ccc5c(c4)OCO5)C(=O)[C@H]3[C@H]3C=Cc4ccccc4N32)cc1Br. The first-order valence-electron chi connectivity index (χ1n) is 12.2. The van der Waals surface area contributed by atoms with Gasteiger partial charge in [0.2, 0.25) is 18.6 Å². The second-order valence-corrected chi connectivity index (χ2v) is 10.4. The molecule has 2 amide bonds. The van der Waals surface area contributed by atoms with Crippen LogP contribution in [0.1, 0.15) is 15.9 Å². The van der Waals surface area contributed by atoms with Crippen LogP contribution in [0.2, 0.25) is 0 Å². The van der Waals surface area contributed by atoms with Crippen molar-refractivity contribution in [3.8, 4) is 17.2 Å². The Bertz CT molecular complexity index is 1570. The minimum absolute atomic E-state index is 0.0845. The lowest BCUT2D eigenvalue weighted by molar-refractivity contribution is -0.122. The lowest BCUT2D eigenvalue weighted by Gasteiger charge is -2.36. The van der Waals surface area contributed by atoms with E-state index in [1.807, 2.05) is 41.3 Å². The highest BCUT2D eigenvalue weighted by Gasteiger charge is 2.64. The summed E-state index contributed by atoms with van der Waals surface area (Å²) in [6, 6.07) is 16.5. The fourth-order valence-electron chi connectivity index (χ4n) is 6.08. The predicted octanol–water partition coefficient (Wildman–Crippen LogP) is 4.46. The largest absolute Gasteiger partial charge is 0.496 e. The Kier molecular flexibility index (Phi) is 5.13. The van der Waals surface area contributed by atoms with Crippen molar-refractivity contribution in [2.45, 2.75) is 12.1 Å². The third kappa shape index (κ3) is 3.18. The number of ether oxygens (including phenoxy) is 3. The number of amides is 2. The molecule has 0 aliphatic carbocycles. The average molecular weight is 573 g/mol. The number of nitrogens with zero attached hydrogens (tertiary/aromatic N) is 2. The molecule has 190 valence electrons. The summed E-state index contributed by atoms with van der Waals surface area (Å²) in [5, 5.41) is 0. The van der Waals surface area contributed by atoms with Gasteiger partial charge in [-0.05, 0) is 57.9 Å². The maximum absolute atomic E-state index is 14.2. The fraction of sp³-hybridized carbons (Fsp3) is 0.207. The lowest BCUT2D eigenvalue weighted by atomic mass is 9.86. The Morgan fingerprint density at radius 2 is 1.76 bits per heavy atom. The van der Waals surface area contributed by atoms with Gasteiger partial charge in [-0.3, -0.25) is 14.4 Å². The topological polar surface area (TPSA) is 85.4 Å². The second-order valence-electron chi connectivity index (χ2n) is 9.58. The van der Waals surface area contributed by atoms with E-state index in [1.54, 1.807) is 43.5 Å². The molecule has 0 aromatic heterocycles. The number of rotatable bonds is 4. The Morgan fingerprint density at radius 3 is 2.58 bits per heavy atom. The first-order valence-corrected chi connectivity index (χ1v) is 13.0. The molecule has 4 aliphatic heterocycles. The minimum Gasteiger partial charge on any atom is -0.496 e. The van der Waals surface area contributed by atoms with Gasteiger partial charge in [0.15, 0.2) is 17.3 Å². The number of benzene rings is 3. The molecule has 9 heteroatoms. The third-order valence-corrected chi connectivity index (χ3v) is 8.35. The van der Waals surface area contributed by atoms with E-state index in [2.05, 4.69) is 15.9 Å². The van der Waals surface area contributed by atoms with E-state index >= 15 is 0 Å². The van der Waals surface area contributed by atoms with Crippen molar-refractivity contribution >= 4 is 51.0 Å². The first kappa shape index (κ1) is 23.0. The van der Waals surface area contributed by atoms with Gasteiger partial charge in [0.1, 0.15) is 11.8 Å². The van der Waals surface area contributed by atoms with Crippen LogP contribution in [0.15, 0.2) is 71.2 Å². The lowest BCUT2D eigenvalue weighted by Crippen LogP contribution is -2.48. The van der Waals surface area contributed by atoms with Gasteiger partial charge >= 0.3 is 0 Å². The van der Waals surface area contributed by atoms with E-state index in [-0.39, 0.29) is 18.5 Å². The van der Waals surface area contributed by atoms with Crippen molar-refractivity contribution in [3.05, 3.63) is 82.3 Å². The van der Waals surface area contributed by atoms with Gasteiger partial charge in [0, 0.05) is 17.3 Å². The number of para-hydroxylation sites is 1. The van der Waals surface area contributed by atoms with Crippen molar-refractivity contribution in [2.24, 2.45) is 11.8 Å². The van der Waals surface area contributed by atoms with Crippen molar-refractivity contribution in [1.82, 2.24) is 0 Å². The number of methoxy groups -OCH3 is 1. The Morgan fingerprint density at radius 1 is 0.974 bits per heavy atom. The molecular formula is C29H21BrN2O6. The summed E-state index contributed by atoms with van der Waals surface area (Å²) in [5.41, 5.74) is 2.60. The molecule has 2 saturated heterocycles. The molecule has 0 N–H and O–H groups in total. The Hall–Kier alpha value is -4.11. The highest BCUT2D eigenvalue weighted by atomic mass is 79.9. The van der Waals surface area contributed by atoms with Crippen molar-refractivity contribution in [3.63, 3.8) is 0 Å². The van der Waals surface area contributed by atoms with Gasteiger partial charge in [-0.2, -0.15) is 0 Å². The number of ketones is 1. The molecule has 7 rings (SSSR count). The standard InChI is InChI=1S/C29H21BrN2O6/c1-36-21-10-7-16(12-18(21)30)27(33)26-25-24(20-9-6-15-4-2-3-5-19(15)32(20)26)28(34)31(29(25)35)17-8-11-22-23(13-17)38-14-37-22/h2-13,20,24-26H,14H2,1H3/t20-,24+,25-,26+/m1/s1. The summed E-state index contributed by atoms with van der Waals surface area (Å²) in [4.78, 5) is 45.4. The normalized spacial score (nSPS) is 24.4. The number of anilines is 2. The van der Waals surface area contributed by atoms with Crippen LogP contribution in [0.4, 0.5) is 11.4 Å². The minimum atomic E-state index is -0.869. The molecule has 0 radical (unpaired) electrons. The van der Waals surface area contributed by atoms with Gasteiger partial charge in [-0.25, -0.2) is 4.90 Å². The molecule has 0 bridgehead atoms. The molecule has 8 nitrogen and oxygen atoms in total. The van der Waals surface area contributed by atoms with Crippen LogP contribution < -0.4 is 24.0 Å². The van der Waals surface area contributed by atoms with Gasteiger partial charge in [-0.15, -0.1) is 0 Å². The van der Waals surface area contributed by atoms with Gasteiger partial charge in [0.25, 0.3) is 0 Å². The Labute approximate surface area is 226 Å². The molecule has 0 spiro atoms. The van der Waals surface area contributed by atoms with E-state index in [0.717, 1.165) is 11.3 Å². The molecule has 4 aliphatic rings. The summed E-state index contributed by atoms with van der Waals surface area (Å²) in [5.74, 6) is -0.904. The number of fused-ring (bicyclic) bond motifs is 6. The van der Waals surface area contributed by atoms with Crippen LogP contribution in [0.3, 0.4) is 0 Å². The monoisotopic (exact) mass is 572 g/mol. The maximum Gasteiger partial charge on any atom is 0.240 e. The first-order chi connectivity index (χ1) is 18.5. The molecule has 2 fully saturated rings. The van der Waals surface area contributed by atoms with Crippen LogP contribution in [0.25, 0.3) is 6.08 Å². The zero-order valence-corrected chi connectivity index (χ0v) is 21.8. The van der Waals surface area contributed by atoms with Crippen LogP contribution in [-0.4, -0.2) is 43.6 Å². The zero-order valence-electron chi connectivity index (χ0n) is 20.2. The van der Waals surface area contributed by atoms with Crippen molar-refractivity contribution < 1.29 is 28.6 Å². The molecule has 38 heavy (non-hydrogen) atoms. The van der Waals surface area contributed by atoms with Gasteiger partial charge in [0.05, 0.1) is 35.1 Å². The van der Waals surface area contributed by atoms with E-state index in [1.165, 1.54) is 4.90 Å². The number of hydrogen-bond donors (Lipinski definition) is 0. The zero-order chi connectivity index (χ0) is 26.1. The van der Waals surface area contributed by atoms with E-state index in [4.69, 9.17) is 14.2 Å².